The van der Waals surface area contributed by atoms with Crippen LogP contribution in [0.2, 0.25) is 5.02 Å². The maximum absolute atomic E-state index is 13.8. The molecule has 2 fully saturated rings. The van der Waals surface area contributed by atoms with Gasteiger partial charge in [0.05, 0.1) is 5.69 Å². The largest absolute Gasteiger partial charge is 0.327 e. The van der Waals surface area contributed by atoms with Crippen molar-refractivity contribution < 1.29 is 9.18 Å². The van der Waals surface area contributed by atoms with Crippen LogP contribution in [0.25, 0.3) is 0 Å². The Bertz CT molecular complexity index is 537. The quantitative estimate of drug-likeness (QED) is 0.877. The zero-order valence-corrected chi connectivity index (χ0v) is 12.6. The summed E-state index contributed by atoms with van der Waals surface area (Å²) in [7, 11) is 0. The van der Waals surface area contributed by atoms with Crippen molar-refractivity contribution in [2.45, 2.75) is 38.1 Å². The van der Waals surface area contributed by atoms with Crippen molar-refractivity contribution >= 4 is 23.2 Å². The minimum atomic E-state index is -0.497. The Morgan fingerprint density at radius 3 is 2.57 bits per heavy atom. The van der Waals surface area contributed by atoms with Gasteiger partial charge >= 0.3 is 0 Å². The van der Waals surface area contributed by atoms with Gasteiger partial charge < -0.3 is 11.1 Å². The van der Waals surface area contributed by atoms with Crippen LogP contribution in [0.1, 0.15) is 32.1 Å². The fourth-order valence-corrected chi connectivity index (χ4v) is 3.99. The van der Waals surface area contributed by atoms with Crippen LogP contribution >= 0.6 is 11.6 Å². The van der Waals surface area contributed by atoms with Gasteiger partial charge in [0.2, 0.25) is 5.91 Å². The first-order valence-electron chi connectivity index (χ1n) is 7.56. The average molecular weight is 311 g/mol. The zero-order chi connectivity index (χ0) is 15.0. The van der Waals surface area contributed by atoms with Crippen LogP contribution in [0, 0.1) is 23.6 Å². The van der Waals surface area contributed by atoms with Gasteiger partial charge in [-0.1, -0.05) is 18.0 Å². The summed E-state index contributed by atoms with van der Waals surface area (Å²) >= 11 is 5.72. The lowest BCUT2D eigenvalue weighted by atomic mass is 9.65. The van der Waals surface area contributed by atoms with Gasteiger partial charge in [-0.3, -0.25) is 4.79 Å². The molecule has 21 heavy (non-hydrogen) atoms. The maximum Gasteiger partial charge on any atom is 0.227 e. The summed E-state index contributed by atoms with van der Waals surface area (Å²) in [6.45, 7) is 0. The molecule has 0 radical (unpaired) electrons. The van der Waals surface area contributed by atoms with Gasteiger partial charge in [0.15, 0.2) is 0 Å². The van der Waals surface area contributed by atoms with Crippen LogP contribution in [0.15, 0.2) is 18.2 Å². The standard InChI is InChI=1S/C16H20ClFN2O/c17-12-4-5-14(13(18)8-12)20-16(21)11-6-9-2-1-3-10(7-11)15(9)19/h4-5,8-11,15H,1-3,6-7,19H2,(H,20,21). The summed E-state index contributed by atoms with van der Waals surface area (Å²) in [6, 6.07) is 4.52. The number of benzene rings is 1. The molecule has 0 aliphatic heterocycles. The van der Waals surface area contributed by atoms with E-state index in [2.05, 4.69) is 5.32 Å². The smallest absolute Gasteiger partial charge is 0.227 e. The van der Waals surface area contributed by atoms with Gasteiger partial charge in [-0.05, 0) is 55.7 Å². The van der Waals surface area contributed by atoms with Gasteiger partial charge in [0, 0.05) is 17.0 Å². The number of carbonyl (C=O) groups is 1. The molecule has 3 nitrogen and oxygen atoms in total. The van der Waals surface area contributed by atoms with Crippen LogP contribution < -0.4 is 11.1 Å². The summed E-state index contributed by atoms with van der Waals surface area (Å²) in [5, 5.41) is 3.02. The van der Waals surface area contributed by atoms with E-state index in [9.17, 15) is 9.18 Å². The molecular formula is C16H20ClFN2O. The Morgan fingerprint density at radius 2 is 1.95 bits per heavy atom. The van der Waals surface area contributed by atoms with Gasteiger partial charge in [-0.25, -0.2) is 4.39 Å². The van der Waals surface area contributed by atoms with Crippen LogP contribution in [0.4, 0.5) is 10.1 Å². The molecule has 2 aliphatic rings. The number of carbonyl (C=O) groups excluding carboxylic acids is 1. The van der Waals surface area contributed by atoms with Crippen molar-refractivity contribution in [3.05, 3.63) is 29.0 Å². The van der Waals surface area contributed by atoms with E-state index >= 15 is 0 Å². The molecule has 114 valence electrons. The van der Waals surface area contributed by atoms with Crippen molar-refractivity contribution in [2.24, 2.45) is 23.5 Å². The molecule has 1 amide bonds. The summed E-state index contributed by atoms with van der Waals surface area (Å²) < 4.78 is 13.8. The number of anilines is 1. The number of halogens is 2. The van der Waals surface area contributed by atoms with E-state index in [0.717, 1.165) is 25.7 Å². The normalized spacial score (nSPS) is 31.8. The number of hydrogen-bond donors (Lipinski definition) is 2. The highest BCUT2D eigenvalue weighted by Gasteiger charge is 2.40. The molecule has 1 aromatic carbocycles. The summed E-state index contributed by atoms with van der Waals surface area (Å²) in [6.07, 6.45) is 5.06. The van der Waals surface area contributed by atoms with Gasteiger partial charge in [-0.2, -0.15) is 0 Å². The van der Waals surface area contributed by atoms with Gasteiger partial charge in [0.1, 0.15) is 5.82 Å². The molecule has 1 aromatic rings. The molecule has 2 aliphatic carbocycles. The Labute approximate surface area is 129 Å². The Kier molecular flexibility index (Phi) is 4.18. The molecule has 2 bridgehead atoms. The topological polar surface area (TPSA) is 55.1 Å². The molecule has 5 heteroatoms. The van der Waals surface area contributed by atoms with Gasteiger partial charge in [-0.15, -0.1) is 0 Å². The number of hydrogen-bond acceptors (Lipinski definition) is 2. The van der Waals surface area contributed by atoms with Crippen molar-refractivity contribution in [3.63, 3.8) is 0 Å². The second-order valence-electron chi connectivity index (χ2n) is 6.31. The lowest BCUT2D eigenvalue weighted by Gasteiger charge is -2.43. The lowest BCUT2D eigenvalue weighted by molar-refractivity contribution is -0.122. The molecule has 0 saturated heterocycles. The number of nitrogens with two attached hydrogens (primary N) is 1. The number of amides is 1. The Morgan fingerprint density at radius 1 is 1.29 bits per heavy atom. The van der Waals surface area contributed by atoms with Crippen LogP contribution in [-0.2, 0) is 4.79 Å². The second kappa shape index (κ2) is 5.93. The van der Waals surface area contributed by atoms with Crippen LogP contribution in [0.3, 0.4) is 0 Å². The third-order valence-corrected chi connectivity index (χ3v) is 5.21. The summed E-state index contributed by atoms with van der Waals surface area (Å²) in [5.74, 6) is 0.213. The number of rotatable bonds is 2. The van der Waals surface area contributed by atoms with Crippen molar-refractivity contribution in [1.82, 2.24) is 0 Å². The third-order valence-electron chi connectivity index (χ3n) is 4.97. The lowest BCUT2D eigenvalue weighted by Crippen LogP contribution is -2.48. The van der Waals surface area contributed by atoms with E-state index in [4.69, 9.17) is 17.3 Å². The first-order chi connectivity index (χ1) is 10.0. The first kappa shape index (κ1) is 14.8. The second-order valence-corrected chi connectivity index (χ2v) is 6.75. The highest BCUT2D eigenvalue weighted by atomic mass is 35.5. The van der Waals surface area contributed by atoms with Crippen LogP contribution in [-0.4, -0.2) is 11.9 Å². The van der Waals surface area contributed by atoms with Crippen molar-refractivity contribution in [1.29, 1.82) is 0 Å². The fraction of sp³-hybridized carbons (Fsp3) is 0.562. The van der Waals surface area contributed by atoms with E-state index in [1.54, 1.807) is 6.07 Å². The maximum atomic E-state index is 13.8. The molecule has 2 atom stereocenters. The van der Waals surface area contributed by atoms with E-state index in [1.165, 1.54) is 18.6 Å². The van der Waals surface area contributed by atoms with E-state index in [1.807, 2.05) is 0 Å². The Hall–Kier alpha value is -1.13. The van der Waals surface area contributed by atoms with E-state index < -0.39 is 5.82 Å². The fourth-order valence-electron chi connectivity index (χ4n) is 3.83. The Balaban J connectivity index is 1.68. The van der Waals surface area contributed by atoms with E-state index in [-0.39, 0.29) is 23.6 Å². The van der Waals surface area contributed by atoms with Crippen molar-refractivity contribution in [2.75, 3.05) is 5.32 Å². The molecular weight excluding hydrogens is 291 g/mol. The minimum Gasteiger partial charge on any atom is -0.327 e. The molecule has 2 saturated carbocycles. The minimum absolute atomic E-state index is 0.0600. The van der Waals surface area contributed by atoms with Gasteiger partial charge in [0.25, 0.3) is 0 Å². The summed E-state index contributed by atoms with van der Waals surface area (Å²) in [5.41, 5.74) is 6.43. The molecule has 0 spiro atoms. The molecule has 3 N–H and O–H groups in total. The zero-order valence-electron chi connectivity index (χ0n) is 11.8. The average Bonchev–Trinajstić information content (AvgIpc) is 2.41. The first-order valence-corrected chi connectivity index (χ1v) is 7.94. The third kappa shape index (κ3) is 3.06. The molecule has 2 unspecified atom stereocenters. The van der Waals surface area contributed by atoms with Crippen LogP contribution in [0.5, 0.6) is 0 Å². The highest BCUT2D eigenvalue weighted by molar-refractivity contribution is 6.30. The number of fused-ring (bicyclic) bond motifs is 2. The summed E-state index contributed by atoms with van der Waals surface area (Å²) in [4.78, 5) is 12.4. The predicted octanol–water partition coefficient (Wildman–Crippen LogP) is 3.57. The molecule has 0 heterocycles. The highest BCUT2D eigenvalue weighted by Crippen LogP contribution is 2.42. The SMILES string of the molecule is NC1C2CCCC1CC(C(=O)Nc1ccc(Cl)cc1F)C2. The monoisotopic (exact) mass is 310 g/mol. The number of nitrogens with one attached hydrogen (secondary N) is 1. The molecule has 3 rings (SSSR count). The van der Waals surface area contributed by atoms with E-state index in [0.29, 0.717) is 16.9 Å². The van der Waals surface area contributed by atoms with Crippen molar-refractivity contribution in [3.8, 4) is 0 Å². The predicted molar refractivity (Wildman–Crippen MR) is 81.6 cm³/mol. The molecule has 0 aromatic heterocycles.